The van der Waals surface area contributed by atoms with Crippen LogP contribution >= 0.6 is 11.6 Å². The molecular formula is C9H6ClO2-. The van der Waals surface area contributed by atoms with E-state index in [1.54, 1.807) is 24.3 Å². The monoisotopic (exact) mass is 181 g/mol. The van der Waals surface area contributed by atoms with Crippen LogP contribution in [0.1, 0.15) is 5.56 Å². The van der Waals surface area contributed by atoms with Crippen molar-refractivity contribution in [1.82, 2.24) is 0 Å². The summed E-state index contributed by atoms with van der Waals surface area (Å²) in [6.45, 7) is 3.34. The van der Waals surface area contributed by atoms with Crippen molar-refractivity contribution in [3.8, 4) is 0 Å². The Morgan fingerprint density at radius 1 is 1.42 bits per heavy atom. The molecule has 0 aromatic heterocycles. The Morgan fingerprint density at radius 3 is 2.50 bits per heavy atom. The van der Waals surface area contributed by atoms with Gasteiger partial charge in [0.05, 0.1) is 5.97 Å². The van der Waals surface area contributed by atoms with E-state index in [9.17, 15) is 9.90 Å². The molecule has 0 aliphatic rings. The number of halogens is 1. The van der Waals surface area contributed by atoms with E-state index < -0.39 is 5.97 Å². The van der Waals surface area contributed by atoms with Crippen LogP contribution in [0, 0.1) is 0 Å². The van der Waals surface area contributed by atoms with Crippen molar-refractivity contribution in [1.29, 1.82) is 0 Å². The summed E-state index contributed by atoms with van der Waals surface area (Å²) in [5.41, 5.74) is 0.305. The van der Waals surface area contributed by atoms with Crippen LogP contribution < -0.4 is 5.11 Å². The van der Waals surface area contributed by atoms with Gasteiger partial charge in [0.15, 0.2) is 0 Å². The molecule has 0 unspecified atom stereocenters. The molecule has 0 saturated heterocycles. The first-order valence-corrected chi connectivity index (χ1v) is 3.66. The predicted molar refractivity (Wildman–Crippen MR) is 45.5 cm³/mol. The highest BCUT2D eigenvalue weighted by Gasteiger charge is 2.02. The number of carboxylic acids is 1. The summed E-state index contributed by atoms with van der Waals surface area (Å²) in [7, 11) is 0. The van der Waals surface area contributed by atoms with Crippen LogP contribution in [0.3, 0.4) is 0 Å². The average Bonchev–Trinajstić information content (AvgIpc) is 2.04. The predicted octanol–water partition coefficient (Wildman–Crippen LogP) is 1.10. The van der Waals surface area contributed by atoms with Crippen molar-refractivity contribution in [2.75, 3.05) is 0 Å². The van der Waals surface area contributed by atoms with E-state index in [1.807, 2.05) is 0 Å². The van der Waals surface area contributed by atoms with Gasteiger partial charge in [0.1, 0.15) is 0 Å². The van der Waals surface area contributed by atoms with Crippen LogP contribution in [0.15, 0.2) is 30.8 Å². The second-order valence-corrected chi connectivity index (χ2v) is 2.65. The Balaban J connectivity index is 3.11. The van der Waals surface area contributed by atoms with Gasteiger partial charge in [0, 0.05) is 10.6 Å². The molecule has 1 aromatic carbocycles. The van der Waals surface area contributed by atoms with E-state index in [0.29, 0.717) is 10.6 Å². The highest BCUT2D eigenvalue weighted by Crippen LogP contribution is 2.21. The summed E-state index contributed by atoms with van der Waals surface area (Å²) in [6.07, 6.45) is 0. The number of hydrogen-bond acceptors (Lipinski definition) is 2. The lowest BCUT2D eigenvalue weighted by Crippen LogP contribution is -2.23. The van der Waals surface area contributed by atoms with E-state index in [-0.39, 0.29) is 5.57 Å². The van der Waals surface area contributed by atoms with E-state index in [4.69, 9.17) is 11.6 Å². The number of carboxylic acid groups (broad SMARTS) is 1. The Morgan fingerprint density at radius 2 is 2.00 bits per heavy atom. The summed E-state index contributed by atoms with van der Waals surface area (Å²) in [5.74, 6) is -1.30. The molecule has 0 atom stereocenters. The molecule has 0 N–H and O–H groups in total. The second-order valence-electron chi connectivity index (χ2n) is 2.25. The van der Waals surface area contributed by atoms with Crippen LogP contribution in [0.2, 0.25) is 5.02 Å². The lowest BCUT2D eigenvalue weighted by molar-refractivity contribution is -0.295. The molecule has 2 nitrogen and oxygen atoms in total. The van der Waals surface area contributed by atoms with Crippen LogP contribution in [0.25, 0.3) is 5.57 Å². The summed E-state index contributed by atoms with van der Waals surface area (Å²) < 4.78 is 0. The van der Waals surface area contributed by atoms with Gasteiger partial charge < -0.3 is 9.90 Å². The van der Waals surface area contributed by atoms with E-state index >= 15 is 0 Å². The van der Waals surface area contributed by atoms with Crippen molar-refractivity contribution in [2.24, 2.45) is 0 Å². The highest BCUT2D eigenvalue weighted by molar-refractivity contribution is 6.34. The smallest absolute Gasteiger partial charge is 0.0715 e. The fourth-order valence-electron chi connectivity index (χ4n) is 0.816. The molecule has 62 valence electrons. The van der Waals surface area contributed by atoms with Crippen molar-refractivity contribution in [2.45, 2.75) is 0 Å². The SMILES string of the molecule is C=C(C(=O)[O-])c1ccccc1Cl. The molecule has 0 saturated carbocycles. The van der Waals surface area contributed by atoms with Gasteiger partial charge in [-0.1, -0.05) is 36.4 Å². The number of hydrogen-bond donors (Lipinski definition) is 0. The molecule has 12 heavy (non-hydrogen) atoms. The Kier molecular flexibility index (Phi) is 2.51. The molecule has 0 aliphatic carbocycles. The summed E-state index contributed by atoms with van der Waals surface area (Å²) in [5, 5.41) is 10.7. The van der Waals surface area contributed by atoms with Gasteiger partial charge in [-0.05, 0) is 11.6 Å². The molecule has 0 amide bonds. The number of benzene rings is 1. The van der Waals surface area contributed by atoms with Crippen LogP contribution in [-0.4, -0.2) is 5.97 Å². The molecule has 1 rings (SSSR count). The topological polar surface area (TPSA) is 40.1 Å². The number of carbonyl (C=O) groups excluding carboxylic acids is 1. The first-order chi connectivity index (χ1) is 5.63. The van der Waals surface area contributed by atoms with Gasteiger partial charge in [0.2, 0.25) is 0 Å². The summed E-state index contributed by atoms with van der Waals surface area (Å²) in [4.78, 5) is 10.4. The average molecular weight is 182 g/mol. The molecular weight excluding hydrogens is 176 g/mol. The third kappa shape index (κ3) is 1.66. The van der Waals surface area contributed by atoms with Gasteiger partial charge >= 0.3 is 0 Å². The first-order valence-electron chi connectivity index (χ1n) is 3.28. The Labute approximate surface area is 75.1 Å². The van der Waals surface area contributed by atoms with Gasteiger partial charge in [-0.2, -0.15) is 0 Å². The zero-order chi connectivity index (χ0) is 9.14. The molecule has 1 aromatic rings. The molecule has 0 aliphatic heterocycles. The molecule has 0 spiro atoms. The Bertz CT molecular complexity index is 331. The summed E-state index contributed by atoms with van der Waals surface area (Å²) in [6, 6.07) is 6.59. The van der Waals surface area contributed by atoms with Gasteiger partial charge in [-0.25, -0.2) is 0 Å². The second kappa shape index (κ2) is 3.41. The van der Waals surface area contributed by atoms with Crippen LogP contribution in [-0.2, 0) is 4.79 Å². The van der Waals surface area contributed by atoms with Crippen molar-refractivity contribution >= 4 is 23.1 Å². The van der Waals surface area contributed by atoms with Gasteiger partial charge in [-0.3, -0.25) is 0 Å². The third-order valence-corrected chi connectivity index (χ3v) is 1.77. The number of carbonyl (C=O) groups is 1. The maximum atomic E-state index is 10.4. The quantitative estimate of drug-likeness (QED) is 0.642. The molecule has 0 radical (unpaired) electrons. The Hall–Kier alpha value is -1.28. The minimum atomic E-state index is -1.30. The van der Waals surface area contributed by atoms with Crippen molar-refractivity contribution < 1.29 is 9.90 Å². The van der Waals surface area contributed by atoms with E-state index in [1.165, 1.54) is 0 Å². The maximum Gasteiger partial charge on any atom is 0.0715 e. The third-order valence-electron chi connectivity index (χ3n) is 1.45. The molecule has 0 heterocycles. The fraction of sp³-hybridized carbons (Fsp3) is 0. The first kappa shape index (κ1) is 8.81. The standard InChI is InChI=1S/C9H7ClO2/c1-6(9(11)12)7-4-2-3-5-8(7)10/h2-5H,1H2,(H,11,12)/p-1. The minimum Gasteiger partial charge on any atom is -0.545 e. The van der Waals surface area contributed by atoms with E-state index in [2.05, 4.69) is 6.58 Å². The minimum absolute atomic E-state index is 0.0967. The summed E-state index contributed by atoms with van der Waals surface area (Å²) >= 11 is 5.71. The largest absolute Gasteiger partial charge is 0.545 e. The van der Waals surface area contributed by atoms with E-state index in [0.717, 1.165) is 0 Å². The lowest BCUT2D eigenvalue weighted by atomic mass is 10.1. The van der Waals surface area contributed by atoms with Crippen molar-refractivity contribution in [3.63, 3.8) is 0 Å². The number of aliphatic carboxylic acids is 1. The van der Waals surface area contributed by atoms with Gasteiger partial charge in [0.25, 0.3) is 0 Å². The van der Waals surface area contributed by atoms with Crippen LogP contribution in [0.5, 0.6) is 0 Å². The lowest BCUT2D eigenvalue weighted by Gasteiger charge is -2.07. The fourth-order valence-corrected chi connectivity index (χ4v) is 1.07. The van der Waals surface area contributed by atoms with Crippen molar-refractivity contribution in [3.05, 3.63) is 41.4 Å². The van der Waals surface area contributed by atoms with Gasteiger partial charge in [-0.15, -0.1) is 0 Å². The highest BCUT2D eigenvalue weighted by atomic mass is 35.5. The van der Waals surface area contributed by atoms with Crippen LogP contribution in [0.4, 0.5) is 0 Å². The number of rotatable bonds is 2. The zero-order valence-electron chi connectivity index (χ0n) is 6.21. The zero-order valence-corrected chi connectivity index (χ0v) is 6.97. The molecule has 3 heteroatoms. The molecule has 0 fully saturated rings. The maximum absolute atomic E-state index is 10.4. The molecule has 0 bridgehead atoms. The normalized spacial score (nSPS) is 9.42.